The molecule has 0 fully saturated rings. The van der Waals surface area contributed by atoms with E-state index in [0.717, 1.165) is 11.6 Å². The lowest BCUT2D eigenvalue weighted by atomic mass is 10.1. The van der Waals surface area contributed by atoms with Gasteiger partial charge in [0.15, 0.2) is 0 Å². The Bertz CT molecular complexity index is 420. The van der Waals surface area contributed by atoms with Crippen LogP contribution in [0, 0.1) is 6.92 Å². The van der Waals surface area contributed by atoms with Crippen molar-refractivity contribution in [2.24, 2.45) is 0 Å². The molecule has 16 heavy (non-hydrogen) atoms. The fraction of sp³-hybridized carbons (Fsp3) is 0.308. The smallest absolute Gasteiger partial charge is 0.106 e. The Morgan fingerprint density at radius 1 is 1.31 bits per heavy atom. The van der Waals surface area contributed by atoms with Crippen molar-refractivity contribution in [1.82, 2.24) is 10.3 Å². The van der Waals surface area contributed by atoms with E-state index in [2.05, 4.69) is 48.4 Å². The summed E-state index contributed by atoms with van der Waals surface area (Å²) < 4.78 is 0. The summed E-state index contributed by atoms with van der Waals surface area (Å²) in [7, 11) is 0. The third kappa shape index (κ3) is 2.90. The molecule has 1 unspecified atom stereocenters. The maximum atomic E-state index is 4.25. The molecule has 0 amide bonds. The molecule has 3 heteroatoms. The molecule has 1 aromatic heterocycles. The first-order chi connectivity index (χ1) is 7.75. The van der Waals surface area contributed by atoms with Gasteiger partial charge in [-0.3, -0.25) is 0 Å². The van der Waals surface area contributed by atoms with Crippen molar-refractivity contribution in [3.63, 3.8) is 0 Å². The van der Waals surface area contributed by atoms with Gasteiger partial charge >= 0.3 is 0 Å². The second kappa shape index (κ2) is 5.23. The molecule has 0 aliphatic rings. The molecule has 0 aliphatic heterocycles. The van der Waals surface area contributed by atoms with Crippen LogP contribution < -0.4 is 5.32 Å². The van der Waals surface area contributed by atoms with Gasteiger partial charge in [-0.05, 0) is 19.4 Å². The number of hydrogen-bond donors (Lipinski definition) is 1. The van der Waals surface area contributed by atoms with Gasteiger partial charge < -0.3 is 5.32 Å². The molecular weight excluding hydrogens is 216 g/mol. The number of aromatic nitrogens is 1. The summed E-state index contributed by atoms with van der Waals surface area (Å²) in [5.74, 6) is 0. The summed E-state index contributed by atoms with van der Waals surface area (Å²) >= 11 is 1.69. The van der Waals surface area contributed by atoms with Crippen LogP contribution in [0.15, 0.2) is 35.8 Å². The Kier molecular flexibility index (Phi) is 3.70. The highest BCUT2D eigenvalue weighted by molar-refractivity contribution is 7.09. The van der Waals surface area contributed by atoms with Gasteiger partial charge in [-0.1, -0.05) is 29.8 Å². The van der Waals surface area contributed by atoms with Crippen molar-refractivity contribution < 1.29 is 0 Å². The van der Waals surface area contributed by atoms with Crippen molar-refractivity contribution in [2.75, 3.05) is 0 Å². The average Bonchev–Trinajstić information content (AvgIpc) is 2.80. The quantitative estimate of drug-likeness (QED) is 0.875. The molecule has 2 nitrogen and oxygen atoms in total. The highest BCUT2D eigenvalue weighted by atomic mass is 32.1. The second-order valence-electron chi connectivity index (χ2n) is 3.94. The van der Waals surface area contributed by atoms with Crippen molar-refractivity contribution in [1.29, 1.82) is 0 Å². The molecule has 1 N–H and O–H groups in total. The van der Waals surface area contributed by atoms with Crippen LogP contribution in [0.4, 0.5) is 0 Å². The van der Waals surface area contributed by atoms with Crippen LogP contribution in [-0.2, 0) is 6.54 Å². The van der Waals surface area contributed by atoms with Gasteiger partial charge in [-0.25, -0.2) is 4.98 Å². The van der Waals surface area contributed by atoms with Crippen LogP contribution >= 0.6 is 11.3 Å². The summed E-state index contributed by atoms with van der Waals surface area (Å²) in [6.45, 7) is 5.13. The highest BCUT2D eigenvalue weighted by Crippen LogP contribution is 2.14. The number of thiazole rings is 1. The third-order valence-corrected chi connectivity index (χ3v) is 3.40. The van der Waals surface area contributed by atoms with Gasteiger partial charge in [0.1, 0.15) is 5.01 Å². The molecule has 1 atom stereocenters. The predicted octanol–water partition coefficient (Wildman–Crippen LogP) is 3.30. The number of aryl methyl sites for hydroxylation is 1. The number of nitrogens with zero attached hydrogens (tertiary/aromatic N) is 1. The van der Waals surface area contributed by atoms with E-state index in [9.17, 15) is 0 Å². The molecule has 1 aromatic carbocycles. The molecule has 0 aliphatic carbocycles. The van der Waals surface area contributed by atoms with Crippen molar-refractivity contribution in [3.05, 3.63) is 52.0 Å². The molecule has 84 valence electrons. The van der Waals surface area contributed by atoms with E-state index in [1.807, 2.05) is 11.6 Å². The topological polar surface area (TPSA) is 24.9 Å². The molecule has 2 rings (SSSR count). The van der Waals surface area contributed by atoms with Crippen LogP contribution in [0.5, 0.6) is 0 Å². The zero-order valence-electron chi connectivity index (χ0n) is 9.60. The maximum Gasteiger partial charge on any atom is 0.106 e. The number of rotatable bonds is 4. The van der Waals surface area contributed by atoms with Crippen molar-refractivity contribution in [3.8, 4) is 0 Å². The fourth-order valence-corrected chi connectivity index (χ4v) is 2.12. The Morgan fingerprint density at radius 2 is 2.06 bits per heavy atom. The molecule has 1 heterocycles. The minimum Gasteiger partial charge on any atom is -0.304 e. The van der Waals surface area contributed by atoms with E-state index in [1.54, 1.807) is 11.3 Å². The van der Waals surface area contributed by atoms with E-state index >= 15 is 0 Å². The van der Waals surface area contributed by atoms with E-state index in [4.69, 9.17) is 0 Å². The van der Waals surface area contributed by atoms with Gasteiger partial charge in [-0.2, -0.15) is 0 Å². The average molecular weight is 232 g/mol. The maximum absolute atomic E-state index is 4.25. The fourth-order valence-electron chi connectivity index (χ4n) is 1.55. The van der Waals surface area contributed by atoms with Gasteiger partial charge in [0.05, 0.1) is 0 Å². The first-order valence-electron chi connectivity index (χ1n) is 5.44. The zero-order valence-corrected chi connectivity index (χ0v) is 10.4. The first-order valence-corrected chi connectivity index (χ1v) is 6.32. The van der Waals surface area contributed by atoms with Crippen LogP contribution in [0.3, 0.4) is 0 Å². The van der Waals surface area contributed by atoms with Crippen LogP contribution in [0.25, 0.3) is 0 Å². The van der Waals surface area contributed by atoms with Crippen LogP contribution in [0.2, 0.25) is 0 Å². The van der Waals surface area contributed by atoms with E-state index < -0.39 is 0 Å². The lowest BCUT2D eigenvalue weighted by Crippen LogP contribution is -2.17. The Hall–Kier alpha value is -1.19. The monoisotopic (exact) mass is 232 g/mol. The lowest BCUT2D eigenvalue weighted by molar-refractivity contribution is 0.573. The molecule has 2 aromatic rings. The lowest BCUT2D eigenvalue weighted by Gasteiger charge is -2.13. The Balaban J connectivity index is 1.93. The minimum atomic E-state index is 0.365. The zero-order chi connectivity index (χ0) is 11.4. The second-order valence-corrected chi connectivity index (χ2v) is 4.92. The standard InChI is InChI=1S/C13H16N2S/c1-10-3-5-12(6-4-10)11(2)15-9-13-14-7-8-16-13/h3-8,11,15H,9H2,1-2H3. The predicted molar refractivity (Wildman–Crippen MR) is 68.5 cm³/mol. The first kappa shape index (κ1) is 11.3. The number of benzene rings is 1. The van der Waals surface area contributed by atoms with Crippen molar-refractivity contribution >= 4 is 11.3 Å². The van der Waals surface area contributed by atoms with Gasteiger partial charge in [0.25, 0.3) is 0 Å². The molecule has 0 bridgehead atoms. The summed E-state index contributed by atoms with van der Waals surface area (Å²) in [5, 5.41) is 6.61. The van der Waals surface area contributed by atoms with Gasteiger partial charge in [-0.15, -0.1) is 11.3 Å². The normalized spacial score (nSPS) is 12.6. The summed E-state index contributed by atoms with van der Waals surface area (Å²) in [6, 6.07) is 9.02. The molecule has 0 radical (unpaired) electrons. The summed E-state index contributed by atoms with van der Waals surface area (Å²) in [6.07, 6.45) is 1.85. The SMILES string of the molecule is Cc1ccc(C(C)NCc2nccs2)cc1. The highest BCUT2D eigenvalue weighted by Gasteiger charge is 2.04. The van der Waals surface area contributed by atoms with Gasteiger partial charge in [0.2, 0.25) is 0 Å². The number of nitrogens with one attached hydrogen (secondary N) is 1. The Morgan fingerprint density at radius 3 is 2.69 bits per heavy atom. The summed E-state index contributed by atoms with van der Waals surface area (Å²) in [5.41, 5.74) is 2.62. The van der Waals surface area contributed by atoms with Crippen LogP contribution in [0.1, 0.15) is 29.1 Å². The molecular formula is C13H16N2S. The van der Waals surface area contributed by atoms with E-state index in [0.29, 0.717) is 6.04 Å². The summed E-state index contributed by atoms with van der Waals surface area (Å²) in [4.78, 5) is 4.25. The molecule has 0 saturated heterocycles. The molecule has 0 spiro atoms. The van der Waals surface area contributed by atoms with E-state index in [1.165, 1.54) is 11.1 Å². The van der Waals surface area contributed by atoms with E-state index in [-0.39, 0.29) is 0 Å². The van der Waals surface area contributed by atoms with Gasteiger partial charge in [0, 0.05) is 24.2 Å². The van der Waals surface area contributed by atoms with Crippen molar-refractivity contribution in [2.45, 2.75) is 26.4 Å². The third-order valence-electron chi connectivity index (χ3n) is 2.62. The molecule has 0 saturated carbocycles. The largest absolute Gasteiger partial charge is 0.304 e. The minimum absolute atomic E-state index is 0.365. The van der Waals surface area contributed by atoms with Crippen LogP contribution in [-0.4, -0.2) is 4.98 Å². The Labute approximate surface area is 100 Å². The number of hydrogen-bond acceptors (Lipinski definition) is 3.